The van der Waals surface area contributed by atoms with Gasteiger partial charge in [-0.25, -0.2) is 4.79 Å². The molecular weight excluding hydrogens is 338 g/mol. The van der Waals surface area contributed by atoms with E-state index in [4.69, 9.17) is 4.74 Å². The van der Waals surface area contributed by atoms with E-state index in [1.165, 1.54) is 5.56 Å². The van der Waals surface area contributed by atoms with Gasteiger partial charge in [0, 0.05) is 32.7 Å². The third-order valence-electron chi connectivity index (χ3n) is 4.56. The molecular formula is C22H27N3O2. The Bertz CT molecular complexity index is 753. The normalized spacial score (nSPS) is 15.1. The molecule has 1 heterocycles. The summed E-state index contributed by atoms with van der Waals surface area (Å²) in [5, 5.41) is 2.97. The monoisotopic (exact) mass is 365 g/mol. The van der Waals surface area contributed by atoms with Crippen molar-refractivity contribution in [2.45, 2.75) is 6.92 Å². The fourth-order valence-corrected chi connectivity index (χ4v) is 3.08. The highest BCUT2D eigenvalue weighted by molar-refractivity contribution is 5.91. The van der Waals surface area contributed by atoms with Crippen molar-refractivity contribution in [2.24, 2.45) is 0 Å². The summed E-state index contributed by atoms with van der Waals surface area (Å²) in [5.74, 6) is 0.707. The first-order valence-electron chi connectivity index (χ1n) is 9.48. The summed E-state index contributed by atoms with van der Waals surface area (Å²) < 4.78 is 5.57. The van der Waals surface area contributed by atoms with Crippen molar-refractivity contribution < 1.29 is 9.53 Å². The number of nitrogens with zero attached hydrogens (tertiary/aromatic N) is 2. The zero-order valence-electron chi connectivity index (χ0n) is 15.8. The minimum absolute atomic E-state index is 0.0679. The molecule has 5 heteroatoms. The number of carbonyl (C=O) groups excluding carboxylic acids is 1. The first kappa shape index (κ1) is 19.0. The van der Waals surface area contributed by atoms with Crippen LogP contribution < -0.4 is 10.1 Å². The van der Waals surface area contributed by atoms with Crippen molar-refractivity contribution in [3.8, 4) is 5.75 Å². The number of amides is 2. The van der Waals surface area contributed by atoms with Crippen LogP contribution in [0.5, 0.6) is 5.75 Å². The molecule has 1 saturated heterocycles. The summed E-state index contributed by atoms with van der Waals surface area (Å²) in [6.45, 7) is 6.60. The van der Waals surface area contributed by atoms with Gasteiger partial charge in [-0.05, 0) is 24.6 Å². The lowest BCUT2D eigenvalue weighted by Gasteiger charge is -2.34. The predicted molar refractivity (Wildman–Crippen MR) is 110 cm³/mol. The minimum Gasteiger partial charge on any atom is -0.492 e. The molecule has 2 aromatic rings. The van der Waals surface area contributed by atoms with Crippen LogP contribution in [0.3, 0.4) is 0 Å². The molecule has 142 valence electrons. The summed E-state index contributed by atoms with van der Waals surface area (Å²) in [7, 11) is 0. The summed E-state index contributed by atoms with van der Waals surface area (Å²) in [6, 6.07) is 17.8. The number of para-hydroxylation sites is 2. The van der Waals surface area contributed by atoms with Gasteiger partial charge >= 0.3 is 6.03 Å². The third-order valence-corrected chi connectivity index (χ3v) is 4.56. The first-order chi connectivity index (χ1) is 13.3. The van der Waals surface area contributed by atoms with Crippen molar-refractivity contribution in [3.63, 3.8) is 0 Å². The van der Waals surface area contributed by atoms with Crippen LogP contribution in [-0.4, -0.2) is 55.2 Å². The van der Waals surface area contributed by atoms with Crippen LogP contribution in [0, 0.1) is 0 Å². The second kappa shape index (κ2) is 9.78. The smallest absolute Gasteiger partial charge is 0.322 e. The number of nitrogens with one attached hydrogen (secondary N) is 1. The van der Waals surface area contributed by atoms with Gasteiger partial charge in [-0.3, -0.25) is 4.90 Å². The average molecular weight is 365 g/mol. The first-order valence-corrected chi connectivity index (χ1v) is 9.48. The van der Waals surface area contributed by atoms with E-state index in [9.17, 15) is 4.79 Å². The zero-order chi connectivity index (χ0) is 18.9. The summed E-state index contributed by atoms with van der Waals surface area (Å²) in [4.78, 5) is 16.8. The van der Waals surface area contributed by atoms with E-state index in [1.807, 2.05) is 54.3 Å². The van der Waals surface area contributed by atoms with E-state index in [-0.39, 0.29) is 6.03 Å². The van der Waals surface area contributed by atoms with Crippen molar-refractivity contribution in [3.05, 3.63) is 66.2 Å². The Morgan fingerprint density at radius 3 is 2.48 bits per heavy atom. The highest BCUT2D eigenvalue weighted by Crippen LogP contribution is 2.24. The van der Waals surface area contributed by atoms with E-state index < -0.39 is 0 Å². The van der Waals surface area contributed by atoms with E-state index in [1.54, 1.807) is 0 Å². The average Bonchev–Trinajstić information content (AvgIpc) is 2.71. The Labute approximate surface area is 161 Å². The molecule has 0 atom stereocenters. The van der Waals surface area contributed by atoms with Crippen LogP contribution >= 0.6 is 0 Å². The van der Waals surface area contributed by atoms with Crippen LogP contribution in [0.1, 0.15) is 12.5 Å². The summed E-state index contributed by atoms with van der Waals surface area (Å²) in [5.41, 5.74) is 1.93. The van der Waals surface area contributed by atoms with Gasteiger partial charge in [-0.2, -0.15) is 0 Å². The quantitative estimate of drug-likeness (QED) is 0.843. The van der Waals surface area contributed by atoms with Gasteiger partial charge in [0.15, 0.2) is 0 Å². The Hall–Kier alpha value is -2.79. The lowest BCUT2D eigenvalue weighted by Crippen LogP contribution is -2.49. The highest BCUT2D eigenvalue weighted by atomic mass is 16.5. The van der Waals surface area contributed by atoms with Gasteiger partial charge in [0.05, 0.1) is 12.3 Å². The van der Waals surface area contributed by atoms with Gasteiger partial charge in [-0.15, -0.1) is 0 Å². The Morgan fingerprint density at radius 2 is 1.74 bits per heavy atom. The Balaban J connectivity index is 1.46. The minimum atomic E-state index is -0.0679. The van der Waals surface area contributed by atoms with Gasteiger partial charge in [0.1, 0.15) is 5.75 Å². The molecule has 0 spiro atoms. The van der Waals surface area contributed by atoms with E-state index in [2.05, 4.69) is 34.5 Å². The van der Waals surface area contributed by atoms with Gasteiger partial charge in [-0.1, -0.05) is 54.6 Å². The van der Waals surface area contributed by atoms with E-state index in [0.717, 1.165) is 38.4 Å². The van der Waals surface area contributed by atoms with Crippen LogP contribution in [0.15, 0.2) is 60.7 Å². The Kier molecular flexibility index (Phi) is 6.88. The number of urea groups is 1. The summed E-state index contributed by atoms with van der Waals surface area (Å²) in [6.07, 6.45) is 4.33. The van der Waals surface area contributed by atoms with E-state index in [0.29, 0.717) is 12.4 Å². The van der Waals surface area contributed by atoms with Crippen LogP contribution in [0.4, 0.5) is 10.5 Å². The number of rotatable bonds is 6. The molecule has 1 aliphatic heterocycles. The van der Waals surface area contributed by atoms with E-state index >= 15 is 0 Å². The maximum absolute atomic E-state index is 12.6. The largest absolute Gasteiger partial charge is 0.492 e. The number of hydrogen-bond donors (Lipinski definition) is 1. The molecule has 0 aliphatic carbocycles. The number of anilines is 1. The third kappa shape index (κ3) is 5.59. The molecule has 0 unspecified atom stereocenters. The number of benzene rings is 2. The fraction of sp³-hybridized carbons (Fsp3) is 0.318. The maximum atomic E-state index is 12.6. The molecule has 2 aromatic carbocycles. The van der Waals surface area contributed by atoms with Crippen molar-refractivity contribution in [1.82, 2.24) is 9.80 Å². The lowest BCUT2D eigenvalue weighted by molar-refractivity contribution is 0.155. The molecule has 0 radical (unpaired) electrons. The zero-order valence-corrected chi connectivity index (χ0v) is 15.8. The fourth-order valence-electron chi connectivity index (χ4n) is 3.08. The van der Waals surface area contributed by atoms with Crippen molar-refractivity contribution >= 4 is 17.8 Å². The molecule has 0 saturated carbocycles. The molecule has 0 bridgehead atoms. The predicted octanol–water partition coefficient (Wildman–Crippen LogP) is 3.95. The topological polar surface area (TPSA) is 44.8 Å². The molecule has 1 N–H and O–H groups in total. The number of piperazine rings is 1. The second-order valence-electron chi connectivity index (χ2n) is 6.46. The number of ether oxygens (including phenoxy) is 1. The second-order valence-corrected chi connectivity index (χ2v) is 6.46. The molecule has 5 nitrogen and oxygen atoms in total. The summed E-state index contributed by atoms with van der Waals surface area (Å²) >= 11 is 0. The molecule has 1 aliphatic rings. The molecule has 1 fully saturated rings. The van der Waals surface area contributed by atoms with Crippen LogP contribution in [0.25, 0.3) is 6.08 Å². The standard InChI is InChI=1S/C22H27N3O2/c1-2-27-21-13-7-6-12-20(21)23-22(26)25-17-15-24(16-18-25)14-8-11-19-9-4-3-5-10-19/h3-13H,2,14-18H2,1H3,(H,23,26)/b11-8+. The van der Waals surface area contributed by atoms with Crippen LogP contribution in [-0.2, 0) is 0 Å². The SMILES string of the molecule is CCOc1ccccc1NC(=O)N1CCN(C/C=C/c2ccccc2)CC1. The van der Waals surface area contributed by atoms with Crippen molar-refractivity contribution in [1.29, 1.82) is 0 Å². The lowest BCUT2D eigenvalue weighted by atomic mass is 10.2. The maximum Gasteiger partial charge on any atom is 0.322 e. The van der Waals surface area contributed by atoms with Crippen LogP contribution in [0.2, 0.25) is 0 Å². The molecule has 3 rings (SSSR count). The number of carbonyl (C=O) groups is 1. The van der Waals surface area contributed by atoms with Gasteiger partial charge < -0.3 is 15.0 Å². The highest BCUT2D eigenvalue weighted by Gasteiger charge is 2.21. The molecule has 27 heavy (non-hydrogen) atoms. The van der Waals surface area contributed by atoms with Gasteiger partial charge in [0.2, 0.25) is 0 Å². The Morgan fingerprint density at radius 1 is 1.04 bits per heavy atom. The number of hydrogen-bond acceptors (Lipinski definition) is 3. The van der Waals surface area contributed by atoms with Crippen molar-refractivity contribution in [2.75, 3.05) is 44.6 Å². The van der Waals surface area contributed by atoms with Gasteiger partial charge in [0.25, 0.3) is 0 Å². The molecule has 0 aromatic heterocycles. The molecule has 2 amide bonds.